The molecule has 0 spiro atoms. The lowest BCUT2D eigenvalue weighted by atomic mass is 10.0. The summed E-state index contributed by atoms with van der Waals surface area (Å²) in [7, 11) is 0. The zero-order chi connectivity index (χ0) is 22.8. The van der Waals surface area contributed by atoms with Crippen LogP contribution in [0.25, 0.3) is 28.0 Å². The van der Waals surface area contributed by atoms with E-state index in [1.165, 1.54) is 11.6 Å². The maximum Gasteiger partial charge on any atom is 0.251 e. The molecule has 0 atom stereocenters. The van der Waals surface area contributed by atoms with Crippen molar-refractivity contribution < 1.29 is 4.74 Å². The van der Waals surface area contributed by atoms with E-state index < -0.39 is 0 Å². The van der Waals surface area contributed by atoms with Crippen molar-refractivity contribution in [1.29, 1.82) is 0 Å². The summed E-state index contributed by atoms with van der Waals surface area (Å²) in [6.07, 6.45) is 5.14. The zero-order valence-corrected chi connectivity index (χ0v) is 18.5. The fraction of sp³-hybridized carbons (Fsp3) is 0.148. The molecule has 5 rings (SSSR count). The number of hydrogen-bond acceptors (Lipinski definition) is 4. The van der Waals surface area contributed by atoms with Crippen molar-refractivity contribution in [1.82, 2.24) is 19.6 Å². The lowest BCUT2D eigenvalue weighted by molar-refractivity contribution is 0.306. The monoisotopic (exact) mass is 436 g/mol. The van der Waals surface area contributed by atoms with Crippen molar-refractivity contribution in [2.75, 3.05) is 0 Å². The molecule has 0 fully saturated rings. The van der Waals surface area contributed by atoms with Crippen molar-refractivity contribution in [2.24, 2.45) is 0 Å². The van der Waals surface area contributed by atoms with Gasteiger partial charge in [0.05, 0.1) is 5.56 Å². The SMILES string of the molecule is CC(C)c1ccc(COc2ccc(-c3c(-c4ccncc4)nn4ccc(=O)[nH]c34)cc2)cc1. The third kappa shape index (κ3) is 4.28. The molecule has 5 aromatic rings. The molecule has 3 aromatic heterocycles. The Labute approximate surface area is 191 Å². The van der Waals surface area contributed by atoms with Gasteiger partial charge in [-0.05, 0) is 46.9 Å². The number of nitrogens with zero attached hydrogens (tertiary/aromatic N) is 3. The normalized spacial score (nSPS) is 11.2. The molecule has 6 nitrogen and oxygen atoms in total. The summed E-state index contributed by atoms with van der Waals surface area (Å²) in [5, 5.41) is 4.71. The molecule has 0 aliphatic heterocycles. The van der Waals surface area contributed by atoms with Gasteiger partial charge in [-0.25, -0.2) is 4.52 Å². The predicted molar refractivity (Wildman–Crippen MR) is 129 cm³/mol. The minimum absolute atomic E-state index is 0.173. The van der Waals surface area contributed by atoms with Crippen LogP contribution in [0.5, 0.6) is 5.75 Å². The molecule has 3 heterocycles. The van der Waals surface area contributed by atoms with Crippen molar-refractivity contribution >= 4 is 5.65 Å². The predicted octanol–water partition coefficient (Wildman–Crippen LogP) is 5.45. The van der Waals surface area contributed by atoms with E-state index in [0.29, 0.717) is 18.2 Å². The third-order valence-corrected chi connectivity index (χ3v) is 5.67. The number of nitrogens with one attached hydrogen (secondary N) is 1. The van der Waals surface area contributed by atoms with Crippen LogP contribution in [-0.2, 0) is 6.61 Å². The van der Waals surface area contributed by atoms with Gasteiger partial charge in [-0.15, -0.1) is 0 Å². The summed E-state index contributed by atoms with van der Waals surface area (Å²) in [5.41, 5.74) is 6.42. The molecule has 0 saturated heterocycles. The van der Waals surface area contributed by atoms with Crippen molar-refractivity contribution in [3.63, 3.8) is 0 Å². The van der Waals surface area contributed by atoms with Crippen LogP contribution in [0.3, 0.4) is 0 Å². The van der Waals surface area contributed by atoms with Crippen LogP contribution in [0.15, 0.2) is 90.1 Å². The van der Waals surface area contributed by atoms with Crippen molar-refractivity contribution in [3.8, 4) is 28.1 Å². The maximum atomic E-state index is 12.0. The molecule has 164 valence electrons. The van der Waals surface area contributed by atoms with Gasteiger partial charge < -0.3 is 9.72 Å². The first kappa shape index (κ1) is 20.7. The highest BCUT2D eigenvalue weighted by Gasteiger charge is 2.17. The zero-order valence-electron chi connectivity index (χ0n) is 18.5. The Balaban J connectivity index is 1.44. The fourth-order valence-electron chi connectivity index (χ4n) is 3.83. The highest BCUT2D eigenvalue weighted by atomic mass is 16.5. The van der Waals surface area contributed by atoms with E-state index in [2.05, 4.69) is 48.1 Å². The molecule has 1 N–H and O–H groups in total. The largest absolute Gasteiger partial charge is 0.489 e. The Morgan fingerprint density at radius 2 is 1.64 bits per heavy atom. The van der Waals surface area contributed by atoms with Crippen molar-refractivity contribution in [2.45, 2.75) is 26.4 Å². The fourth-order valence-corrected chi connectivity index (χ4v) is 3.83. The van der Waals surface area contributed by atoms with E-state index in [9.17, 15) is 4.79 Å². The lowest BCUT2D eigenvalue weighted by Crippen LogP contribution is -2.06. The van der Waals surface area contributed by atoms with E-state index in [1.54, 1.807) is 23.1 Å². The molecule has 6 heteroatoms. The molecular weight excluding hydrogens is 412 g/mol. The summed E-state index contributed by atoms with van der Waals surface area (Å²) in [6, 6.07) is 21.7. The van der Waals surface area contributed by atoms with E-state index in [0.717, 1.165) is 33.7 Å². The number of rotatable bonds is 6. The Kier molecular flexibility index (Phi) is 5.48. The number of H-pyrrole nitrogens is 1. The second-order valence-corrected chi connectivity index (χ2v) is 8.27. The van der Waals surface area contributed by atoms with Gasteiger partial charge in [0.1, 0.15) is 23.7 Å². The minimum Gasteiger partial charge on any atom is -0.489 e. The number of benzene rings is 2. The molecular formula is C27H24N4O2. The van der Waals surface area contributed by atoms with Crippen LogP contribution in [0.1, 0.15) is 30.9 Å². The standard InChI is InChI=1S/C27H24N4O2/c1-18(2)20-5-3-19(4-6-20)17-33-23-9-7-21(8-10-23)25-26(22-11-14-28-15-12-22)30-31-16-13-24(32)29-27(25)31/h3-16,18H,17H2,1-2H3,(H,29,32). The lowest BCUT2D eigenvalue weighted by Gasteiger charge is -2.10. The Hall–Kier alpha value is -4.19. The van der Waals surface area contributed by atoms with Gasteiger partial charge in [0.2, 0.25) is 0 Å². The molecule has 0 aliphatic rings. The molecule has 0 saturated carbocycles. The van der Waals surface area contributed by atoms with E-state index in [1.807, 2.05) is 36.4 Å². The number of hydrogen-bond donors (Lipinski definition) is 1. The summed E-state index contributed by atoms with van der Waals surface area (Å²) < 4.78 is 7.69. The number of ether oxygens (including phenoxy) is 1. The topological polar surface area (TPSA) is 72.3 Å². The summed E-state index contributed by atoms with van der Waals surface area (Å²) in [5.74, 6) is 1.29. The second-order valence-electron chi connectivity index (χ2n) is 8.27. The van der Waals surface area contributed by atoms with Gasteiger partial charge >= 0.3 is 0 Å². The van der Waals surface area contributed by atoms with Gasteiger partial charge in [-0.2, -0.15) is 5.10 Å². The van der Waals surface area contributed by atoms with Gasteiger partial charge in [-0.3, -0.25) is 9.78 Å². The van der Waals surface area contributed by atoms with Crippen LogP contribution in [0, 0.1) is 0 Å². The Morgan fingerprint density at radius 1 is 0.909 bits per heavy atom. The van der Waals surface area contributed by atoms with Crippen LogP contribution < -0.4 is 10.3 Å². The number of fused-ring (bicyclic) bond motifs is 1. The molecule has 0 bridgehead atoms. The van der Waals surface area contributed by atoms with Crippen molar-refractivity contribution in [3.05, 3.63) is 107 Å². The quantitative estimate of drug-likeness (QED) is 0.384. The summed E-state index contributed by atoms with van der Waals surface area (Å²) in [6.45, 7) is 4.88. The minimum atomic E-state index is -0.173. The van der Waals surface area contributed by atoms with Gasteiger partial charge in [0.15, 0.2) is 0 Å². The average molecular weight is 437 g/mol. The molecule has 0 aliphatic carbocycles. The molecule has 0 unspecified atom stereocenters. The molecule has 2 aromatic carbocycles. The van der Waals surface area contributed by atoms with E-state index in [-0.39, 0.29) is 5.56 Å². The van der Waals surface area contributed by atoms with E-state index >= 15 is 0 Å². The van der Waals surface area contributed by atoms with E-state index in [4.69, 9.17) is 9.84 Å². The molecule has 0 amide bonds. The summed E-state index contributed by atoms with van der Waals surface area (Å²) >= 11 is 0. The highest BCUT2D eigenvalue weighted by Crippen LogP contribution is 2.34. The highest BCUT2D eigenvalue weighted by molar-refractivity contribution is 5.90. The smallest absolute Gasteiger partial charge is 0.251 e. The maximum absolute atomic E-state index is 12.0. The van der Waals surface area contributed by atoms with Crippen LogP contribution >= 0.6 is 0 Å². The van der Waals surface area contributed by atoms with Gasteiger partial charge in [0, 0.05) is 30.2 Å². The molecule has 0 radical (unpaired) electrons. The molecule has 33 heavy (non-hydrogen) atoms. The Morgan fingerprint density at radius 3 is 2.33 bits per heavy atom. The van der Waals surface area contributed by atoms with Gasteiger partial charge in [0.25, 0.3) is 5.56 Å². The average Bonchev–Trinajstić information content (AvgIpc) is 3.22. The first-order valence-electron chi connectivity index (χ1n) is 10.9. The third-order valence-electron chi connectivity index (χ3n) is 5.67. The second kappa shape index (κ2) is 8.74. The van der Waals surface area contributed by atoms with Gasteiger partial charge in [-0.1, -0.05) is 50.2 Å². The number of aromatic nitrogens is 4. The van der Waals surface area contributed by atoms with Crippen LogP contribution in [0.2, 0.25) is 0 Å². The Bertz CT molecular complexity index is 1430. The summed E-state index contributed by atoms with van der Waals surface area (Å²) in [4.78, 5) is 19.0. The first-order chi connectivity index (χ1) is 16.1. The number of aromatic amines is 1. The van der Waals surface area contributed by atoms with Crippen LogP contribution in [0.4, 0.5) is 0 Å². The first-order valence-corrected chi connectivity index (χ1v) is 10.9. The van der Waals surface area contributed by atoms with Crippen LogP contribution in [-0.4, -0.2) is 19.6 Å². The number of pyridine rings is 1.